The fraction of sp³-hybridized carbons (Fsp3) is 0.190. The van der Waals surface area contributed by atoms with Crippen molar-refractivity contribution in [3.05, 3.63) is 75.4 Å². The Morgan fingerprint density at radius 1 is 1.11 bits per heavy atom. The van der Waals surface area contributed by atoms with Gasteiger partial charge in [-0.05, 0) is 34.9 Å². The Morgan fingerprint density at radius 2 is 1.82 bits per heavy atom. The minimum absolute atomic E-state index is 0.288. The maximum Gasteiger partial charge on any atom is 0.240 e. The molecule has 3 atom stereocenters. The van der Waals surface area contributed by atoms with Gasteiger partial charge in [-0.3, -0.25) is 4.79 Å². The fourth-order valence-corrected chi connectivity index (χ4v) is 4.94. The van der Waals surface area contributed by atoms with Crippen LogP contribution in [0.3, 0.4) is 0 Å². The number of hydrogen-bond donors (Lipinski definition) is 1. The van der Waals surface area contributed by atoms with E-state index < -0.39 is 29.3 Å². The summed E-state index contributed by atoms with van der Waals surface area (Å²) >= 11 is 12.4. The van der Waals surface area contributed by atoms with E-state index in [1.54, 1.807) is 23.2 Å². The molecule has 5 nitrogen and oxygen atoms in total. The number of rotatable bonds is 2. The van der Waals surface area contributed by atoms with Crippen LogP contribution < -0.4 is 5.73 Å². The molecule has 0 aromatic heterocycles. The van der Waals surface area contributed by atoms with Crippen molar-refractivity contribution >= 4 is 35.2 Å². The van der Waals surface area contributed by atoms with Crippen LogP contribution in [0.15, 0.2) is 48.7 Å². The summed E-state index contributed by atoms with van der Waals surface area (Å²) < 4.78 is 0. The molecule has 1 saturated heterocycles. The van der Waals surface area contributed by atoms with Crippen molar-refractivity contribution in [2.24, 2.45) is 11.1 Å². The van der Waals surface area contributed by atoms with Crippen molar-refractivity contribution < 1.29 is 4.79 Å². The Morgan fingerprint density at radius 3 is 2.46 bits per heavy atom. The highest BCUT2D eigenvalue weighted by molar-refractivity contribution is 6.35. The highest BCUT2D eigenvalue weighted by Gasteiger charge is 2.63. The van der Waals surface area contributed by atoms with Crippen molar-refractivity contribution in [3.8, 4) is 12.1 Å². The van der Waals surface area contributed by atoms with E-state index >= 15 is 0 Å². The van der Waals surface area contributed by atoms with Gasteiger partial charge in [-0.1, -0.05) is 53.5 Å². The second-order valence-corrected chi connectivity index (χ2v) is 7.72. The van der Waals surface area contributed by atoms with Gasteiger partial charge in [-0.2, -0.15) is 10.5 Å². The van der Waals surface area contributed by atoms with Crippen LogP contribution in [0.4, 0.5) is 0 Å². The molecule has 0 radical (unpaired) electrons. The van der Waals surface area contributed by atoms with Gasteiger partial charge in [-0.15, -0.1) is 0 Å². The largest absolute Gasteiger partial charge is 0.368 e. The number of benzene rings is 2. The first-order chi connectivity index (χ1) is 13.4. The minimum atomic E-state index is -1.57. The lowest BCUT2D eigenvalue weighted by Gasteiger charge is -2.34. The number of carbonyl (C=O) groups excluding carboxylic acids is 1. The van der Waals surface area contributed by atoms with Gasteiger partial charge >= 0.3 is 0 Å². The summed E-state index contributed by atoms with van der Waals surface area (Å²) in [7, 11) is 0. The van der Waals surface area contributed by atoms with E-state index in [0.29, 0.717) is 10.6 Å². The van der Waals surface area contributed by atoms with Crippen molar-refractivity contribution in [3.63, 3.8) is 0 Å². The molecule has 0 bridgehead atoms. The molecule has 0 aliphatic carbocycles. The molecule has 0 unspecified atom stereocenters. The van der Waals surface area contributed by atoms with E-state index in [-0.39, 0.29) is 5.02 Å². The van der Waals surface area contributed by atoms with Gasteiger partial charge in [-0.25, -0.2) is 0 Å². The highest BCUT2D eigenvalue weighted by atomic mass is 35.5. The van der Waals surface area contributed by atoms with E-state index in [9.17, 15) is 15.3 Å². The molecule has 28 heavy (non-hydrogen) atoms. The van der Waals surface area contributed by atoms with E-state index in [4.69, 9.17) is 28.9 Å². The Balaban J connectivity index is 2.03. The molecule has 4 rings (SSSR count). The lowest BCUT2D eigenvalue weighted by atomic mass is 9.68. The van der Waals surface area contributed by atoms with Crippen molar-refractivity contribution in [1.29, 1.82) is 10.5 Å². The number of nitrogens with zero attached hydrogens (tertiary/aromatic N) is 3. The SMILES string of the molecule is N#CC1(C#N)[C@H](c2ccc(Cl)cc2Cl)[C@@H](C(N)=O)N2C=Cc3ccccc3[C@H]21. The fourth-order valence-electron chi connectivity index (χ4n) is 4.42. The van der Waals surface area contributed by atoms with Crippen LogP contribution in [0.5, 0.6) is 0 Å². The first-order valence-electron chi connectivity index (χ1n) is 8.56. The zero-order chi connectivity index (χ0) is 20.1. The Kier molecular flexibility index (Phi) is 4.31. The quantitative estimate of drug-likeness (QED) is 0.811. The van der Waals surface area contributed by atoms with Crippen LogP contribution in [0.1, 0.15) is 28.7 Å². The second-order valence-electron chi connectivity index (χ2n) is 6.88. The van der Waals surface area contributed by atoms with Gasteiger partial charge in [0.2, 0.25) is 5.91 Å². The molecule has 1 amide bonds. The summed E-state index contributed by atoms with van der Waals surface area (Å²) in [4.78, 5) is 14.2. The van der Waals surface area contributed by atoms with Gasteiger partial charge < -0.3 is 10.6 Å². The summed E-state index contributed by atoms with van der Waals surface area (Å²) in [5.41, 5.74) is 6.38. The number of amides is 1. The molecule has 2 aliphatic heterocycles. The lowest BCUT2D eigenvalue weighted by molar-refractivity contribution is -0.122. The summed E-state index contributed by atoms with van der Waals surface area (Å²) in [6.07, 6.45) is 3.59. The minimum Gasteiger partial charge on any atom is -0.368 e. The molecule has 2 N–H and O–H groups in total. The molecule has 2 heterocycles. The van der Waals surface area contributed by atoms with Crippen molar-refractivity contribution in [1.82, 2.24) is 4.90 Å². The molecule has 2 aliphatic rings. The van der Waals surface area contributed by atoms with Crippen LogP contribution in [0.25, 0.3) is 6.08 Å². The topological polar surface area (TPSA) is 93.9 Å². The normalized spacial score (nSPS) is 24.0. The summed E-state index contributed by atoms with van der Waals surface area (Å²) in [5, 5.41) is 21.1. The lowest BCUT2D eigenvalue weighted by Crippen LogP contribution is -2.41. The van der Waals surface area contributed by atoms with Crippen LogP contribution in [-0.2, 0) is 4.79 Å². The number of fused-ring (bicyclic) bond motifs is 3. The number of hydrogen-bond acceptors (Lipinski definition) is 4. The summed E-state index contributed by atoms with van der Waals surface area (Å²) in [6.45, 7) is 0. The van der Waals surface area contributed by atoms with Gasteiger partial charge in [0, 0.05) is 22.2 Å². The standard InChI is InChI=1S/C21H14Cl2N4O/c22-13-5-6-15(16(23)9-13)17-18(20(26)28)27-8-7-12-3-1-2-4-14(12)19(27)21(17,10-24)11-25/h1-9,17-19H,(H2,26,28)/t17-,18+,19+/m1/s1. The molecule has 138 valence electrons. The molecule has 1 fully saturated rings. The van der Waals surface area contributed by atoms with Crippen molar-refractivity contribution in [2.45, 2.75) is 18.0 Å². The molecular formula is C21H14Cl2N4O. The maximum atomic E-state index is 12.5. The van der Waals surface area contributed by atoms with Crippen molar-refractivity contribution in [2.75, 3.05) is 0 Å². The average Bonchev–Trinajstić information content (AvgIpc) is 2.99. The average molecular weight is 409 g/mol. The predicted molar refractivity (Wildman–Crippen MR) is 106 cm³/mol. The zero-order valence-electron chi connectivity index (χ0n) is 14.5. The third-order valence-electron chi connectivity index (χ3n) is 5.53. The number of halogens is 2. The molecule has 0 spiro atoms. The van der Waals surface area contributed by atoms with E-state index in [2.05, 4.69) is 12.1 Å². The predicted octanol–water partition coefficient (Wildman–Crippen LogP) is 4.01. The van der Waals surface area contributed by atoms with Crippen LogP contribution in [0.2, 0.25) is 10.0 Å². The third-order valence-corrected chi connectivity index (χ3v) is 6.10. The smallest absolute Gasteiger partial charge is 0.240 e. The molecule has 7 heteroatoms. The third kappa shape index (κ3) is 2.41. The van der Waals surface area contributed by atoms with Gasteiger partial charge in [0.25, 0.3) is 0 Å². The summed E-state index contributed by atoms with van der Waals surface area (Å²) in [6, 6.07) is 15.2. The second kappa shape index (κ2) is 6.56. The number of primary amides is 1. The van der Waals surface area contributed by atoms with Crippen LogP contribution in [-0.4, -0.2) is 16.8 Å². The van der Waals surface area contributed by atoms with Crippen LogP contribution >= 0.6 is 23.2 Å². The van der Waals surface area contributed by atoms with E-state index in [0.717, 1.165) is 11.1 Å². The molecule has 2 aromatic carbocycles. The monoisotopic (exact) mass is 408 g/mol. The molecule has 2 aromatic rings. The van der Waals surface area contributed by atoms with E-state index in [1.165, 1.54) is 6.07 Å². The number of nitriles is 2. The summed E-state index contributed by atoms with van der Waals surface area (Å²) in [5.74, 6) is -1.47. The van der Waals surface area contributed by atoms with E-state index in [1.807, 2.05) is 30.3 Å². The highest BCUT2D eigenvalue weighted by Crippen LogP contribution is 2.60. The zero-order valence-corrected chi connectivity index (χ0v) is 16.0. The Labute approximate surface area is 172 Å². The Hall–Kier alpha value is -2.99. The Bertz CT molecular complexity index is 1080. The number of carbonyl (C=O) groups is 1. The van der Waals surface area contributed by atoms with Crippen LogP contribution in [0, 0.1) is 28.1 Å². The first kappa shape index (κ1) is 18.4. The first-order valence-corrected chi connectivity index (χ1v) is 9.31. The number of nitrogens with two attached hydrogens (primary N) is 1. The van der Waals surface area contributed by atoms with Gasteiger partial charge in [0.05, 0.1) is 18.2 Å². The van der Waals surface area contributed by atoms with Gasteiger partial charge in [0.1, 0.15) is 6.04 Å². The maximum absolute atomic E-state index is 12.5. The molecular weight excluding hydrogens is 395 g/mol. The van der Waals surface area contributed by atoms with Gasteiger partial charge in [0.15, 0.2) is 5.41 Å². The molecule has 0 saturated carbocycles.